The second kappa shape index (κ2) is 4.72. The van der Waals surface area contributed by atoms with E-state index in [0.29, 0.717) is 0 Å². The van der Waals surface area contributed by atoms with Crippen molar-refractivity contribution >= 4 is 11.3 Å². The van der Waals surface area contributed by atoms with Gasteiger partial charge in [-0.3, -0.25) is 0 Å². The van der Waals surface area contributed by atoms with Crippen molar-refractivity contribution in [3.8, 4) is 10.6 Å². The lowest BCUT2D eigenvalue weighted by molar-refractivity contribution is 0.786. The molecule has 0 aliphatic heterocycles. The van der Waals surface area contributed by atoms with Gasteiger partial charge >= 0.3 is 0 Å². The van der Waals surface area contributed by atoms with Crippen LogP contribution in [0.2, 0.25) is 0 Å². The Hall–Kier alpha value is -1.26. The number of hydrogen-bond acceptors (Lipinski definition) is 4. The van der Waals surface area contributed by atoms with Crippen molar-refractivity contribution < 1.29 is 0 Å². The van der Waals surface area contributed by atoms with Crippen LogP contribution < -0.4 is 5.73 Å². The van der Waals surface area contributed by atoms with Gasteiger partial charge in [-0.15, -0.1) is 10.2 Å². The van der Waals surface area contributed by atoms with Crippen LogP contribution in [0.15, 0.2) is 24.3 Å². The molecule has 0 aliphatic rings. The standard InChI is InChI=1S/C12H15N3S/c1-3-9-6-4-5-7-10(9)12-15-14-11(16-12)8(2)13/h4-8H,3,13H2,1-2H3. The third kappa shape index (κ3) is 2.13. The number of nitrogens with zero attached hydrogens (tertiary/aromatic N) is 2. The van der Waals surface area contributed by atoms with E-state index in [1.54, 1.807) is 11.3 Å². The average molecular weight is 233 g/mol. The van der Waals surface area contributed by atoms with Gasteiger partial charge in [0.25, 0.3) is 0 Å². The van der Waals surface area contributed by atoms with Gasteiger partial charge in [0.05, 0.1) is 6.04 Å². The molecule has 0 radical (unpaired) electrons. The third-order valence-electron chi connectivity index (χ3n) is 2.46. The minimum atomic E-state index is -0.0416. The molecule has 2 N–H and O–H groups in total. The van der Waals surface area contributed by atoms with Crippen LogP contribution in [0.1, 0.15) is 30.5 Å². The van der Waals surface area contributed by atoms with Crippen LogP contribution in [0.5, 0.6) is 0 Å². The summed E-state index contributed by atoms with van der Waals surface area (Å²) in [6.07, 6.45) is 1.00. The predicted molar refractivity (Wildman–Crippen MR) is 67.3 cm³/mol. The zero-order valence-electron chi connectivity index (χ0n) is 9.47. The summed E-state index contributed by atoms with van der Waals surface area (Å²) in [6, 6.07) is 8.25. The lowest BCUT2D eigenvalue weighted by Crippen LogP contribution is -2.03. The number of nitrogens with two attached hydrogens (primary N) is 1. The minimum absolute atomic E-state index is 0.0416. The molecule has 0 saturated carbocycles. The monoisotopic (exact) mass is 233 g/mol. The normalized spacial score (nSPS) is 12.7. The SMILES string of the molecule is CCc1ccccc1-c1nnc(C(C)N)s1. The molecule has 0 saturated heterocycles. The van der Waals surface area contributed by atoms with Crippen molar-refractivity contribution in [2.75, 3.05) is 0 Å². The van der Waals surface area contributed by atoms with Gasteiger partial charge in [0, 0.05) is 5.56 Å². The van der Waals surface area contributed by atoms with Gasteiger partial charge in [-0.05, 0) is 18.9 Å². The first-order valence-corrected chi connectivity index (χ1v) is 6.21. The summed E-state index contributed by atoms with van der Waals surface area (Å²) in [7, 11) is 0. The van der Waals surface area contributed by atoms with Crippen LogP contribution in [0.4, 0.5) is 0 Å². The molecule has 2 aromatic rings. The van der Waals surface area contributed by atoms with Crippen LogP contribution in [0.3, 0.4) is 0 Å². The second-order valence-corrected chi connectivity index (χ2v) is 4.75. The van der Waals surface area contributed by atoms with E-state index in [1.165, 1.54) is 11.1 Å². The van der Waals surface area contributed by atoms with E-state index in [-0.39, 0.29) is 6.04 Å². The Morgan fingerprint density at radius 1 is 1.31 bits per heavy atom. The molecule has 84 valence electrons. The fourth-order valence-electron chi connectivity index (χ4n) is 1.56. The molecule has 0 aliphatic carbocycles. The zero-order valence-corrected chi connectivity index (χ0v) is 10.3. The molecule has 0 fully saturated rings. The summed E-state index contributed by atoms with van der Waals surface area (Å²) < 4.78 is 0. The smallest absolute Gasteiger partial charge is 0.148 e. The van der Waals surface area contributed by atoms with Gasteiger partial charge in [-0.2, -0.15) is 0 Å². The highest BCUT2D eigenvalue weighted by Gasteiger charge is 2.11. The topological polar surface area (TPSA) is 51.8 Å². The Morgan fingerprint density at radius 3 is 2.69 bits per heavy atom. The number of aryl methyl sites for hydroxylation is 1. The molecule has 1 aromatic heterocycles. The van der Waals surface area contributed by atoms with Crippen LogP contribution in [0.25, 0.3) is 10.6 Å². The van der Waals surface area contributed by atoms with E-state index in [9.17, 15) is 0 Å². The van der Waals surface area contributed by atoms with Gasteiger partial charge in [-0.25, -0.2) is 0 Å². The summed E-state index contributed by atoms with van der Waals surface area (Å²) >= 11 is 1.58. The van der Waals surface area contributed by atoms with E-state index < -0.39 is 0 Å². The van der Waals surface area contributed by atoms with Crippen LogP contribution >= 0.6 is 11.3 Å². The lowest BCUT2D eigenvalue weighted by atomic mass is 10.1. The first kappa shape index (κ1) is 11.2. The van der Waals surface area contributed by atoms with Crippen molar-refractivity contribution in [2.45, 2.75) is 26.3 Å². The first-order valence-electron chi connectivity index (χ1n) is 5.39. The van der Waals surface area contributed by atoms with Gasteiger partial charge in [-0.1, -0.05) is 42.5 Å². The maximum atomic E-state index is 5.78. The van der Waals surface area contributed by atoms with Crippen LogP contribution in [-0.4, -0.2) is 10.2 Å². The summed E-state index contributed by atoms with van der Waals surface area (Å²) in [5.41, 5.74) is 8.26. The van der Waals surface area contributed by atoms with E-state index in [1.807, 2.05) is 13.0 Å². The van der Waals surface area contributed by atoms with Gasteiger partial charge < -0.3 is 5.73 Å². The minimum Gasteiger partial charge on any atom is -0.322 e. The van der Waals surface area contributed by atoms with Crippen molar-refractivity contribution in [1.29, 1.82) is 0 Å². The van der Waals surface area contributed by atoms with Crippen molar-refractivity contribution in [1.82, 2.24) is 10.2 Å². The van der Waals surface area contributed by atoms with Crippen molar-refractivity contribution in [2.24, 2.45) is 5.73 Å². The van der Waals surface area contributed by atoms with Crippen molar-refractivity contribution in [3.63, 3.8) is 0 Å². The Bertz CT molecular complexity index is 477. The third-order valence-corrected chi connectivity index (χ3v) is 3.62. The Morgan fingerprint density at radius 2 is 2.06 bits per heavy atom. The van der Waals surface area contributed by atoms with Gasteiger partial charge in [0.1, 0.15) is 10.0 Å². The molecular weight excluding hydrogens is 218 g/mol. The molecule has 1 atom stereocenters. The Kier molecular flexibility index (Phi) is 3.31. The predicted octanol–water partition coefficient (Wildman–Crippen LogP) is 2.79. The summed E-state index contributed by atoms with van der Waals surface area (Å²) in [4.78, 5) is 0. The molecule has 0 amide bonds. The molecule has 0 spiro atoms. The highest BCUT2D eigenvalue weighted by molar-refractivity contribution is 7.14. The van der Waals surface area contributed by atoms with E-state index >= 15 is 0 Å². The lowest BCUT2D eigenvalue weighted by Gasteiger charge is -2.02. The first-order chi connectivity index (χ1) is 7.72. The molecule has 1 aromatic carbocycles. The molecule has 1 unspecified atom stereocenters. The average Bonchev–Trinajstić information content (AvgIpc) is 2.78. The fraction of sp³-hybridized carbons (Fsp3) is 0.333. The number of aromatic nitrogens is 2. The molecule has 0 bridgehead atoms. The largest absolute Gasteiger partial charge is 0.322 e. The van der Waals surface area contributed by atoms with E-state index in [4.69, 9.17) is 5.73 Å². The van der Waals surface area contributed by atoms with E-state index in [2.05, 4.69) is 35.3 Å². The van der Waals surface area contributed by atoms with Crippen molar-refractivity contribution in [3.05, 3.63) is 34.8 Å². The molecule has 16 heavy (non-hydrogen) atoms. The van der Waals surface area contributed by atoms with Gasteiger partial charge in [0.15, 0.2) is 0 Å². The summed E-state index contributed by atoms with van der Waals surface area (Å²) in [6.45, 7) is 4.07. The van der Waals surface area contributed by atoms with Crippen LogP contribution in [0, 0.1) is 0 Å². The van der Waals surface area contributed by atoms with Crippen LogP contribution in [-0.2, 0) is 6.42 Å². The van der Waals surface area contributed by atoms with Gasteiger partial charge in [0.2, 0.25) is 0 Å². The Balaban J connectivity index is 2.42. The quantitative estimate of drug-likeness (QED) is 0.887. The molecule has 2 rings (SSSR count). The maximum absolute atomic E-state index is 5.78. The highest BCUT2D eigenvalue weighted by atomic mass is 32.1. The second-order valence-electron chi connectivity index (χ2n) is 3.74. The maximum Gasteiger partial charge on any atom is 0.148 e. The summed E-state index contributed by atoms with van der Waals surface area (Å²) in [5.74, 6) is 0. The number of rotatable bonds is 3. The highest BCUT2D eigenvalue weighted by Crippen LogP contribution is 2.28. The molecular formula is C12H15N3S. The summed E-state index contributed by atoms with van der Waals surface area (Å²) in [5, 5.41) is 10.2. The number of hydrogen-bond donors (Lipinski definition) is 1. The molecule has 4 heteroatoms. The molecule has 1 heterocycles. The fourth-order valence-corrected chi connectivity index (χ4v) is 2.42. The molecule has 3 nitrogen and oxygen atoms in total. The number of benzene rings is 1. The zero-order chi connectivity index (χ0) is 11.5. The Labute approximate surface area is 99.3 Å². The van der Waals surface area contributed by atoms with E-state index in [0.717, 1.165) is 16.4 Å².